The third-order valence-corrected chi connectivity index (χ3v) is 5.85. The summed E-state index contributed by atoms with van der Waals surface area (Å²) in [5.41, 5.74) is 2.56. The lowest BCUT2D eigenvalue weighted by molar-refractivity contribution is -0.122. The largest absolute Gasteiger partial charge is 0.351 e. The minimum atomic E-state index is -0.0377. The number of carbonyl (C=O) groups is 1. The van der Waals surface area contributed by atoms with Crippen molar-refractivity contribution in [2.75, 3.05) is 44.4 Å². The Kier molecular flexibility index (Phi) is 6.54. The van der Waals surface area contributed by atoms with Crippen LogP contribution in [0.4, 0.5) is 0 Å². The SMILES string of the molecule is CCN1CCN(Cc2ccccc2CNC(=O)C2CSCN2)CC1. The number of nitrogens with zero attached hydrogens (tertiary/aromatic N) is 2. The number of likely N-dealkylation sites (N-methyl/N-ethyl adjacent to an activating group) is 1. The molecule has 1 unspecified atom stereocenters. The van der Waals surface area contributed by atoms with Crippen LogP contribution in [0, 0.1) is 0 Å². The lowest BCUT2D eigenvalue weighted by atomic mass is 10.1. The molecule has 1 aromatic rings. The fraction of sp³-hybridized carbons (Fsp3) is 0.611. The summed E-state index contributed by atoms with van der Waals surface area (Å²) < 4.78 is 0. The van der Waals surface area contributed by atoms with Gasteiger partial charge in [-0.15, -0.1) is 11.8 Å². The summed E-state index contributed by atoms with van der Waals surface area (Å²) in [6.45, 7) is 9.51. The van der Waals surface area contributed by atoms with Crippen molar-refractivity contribution in [2.45, 2.75) is 26.1 Å². The molecule has 2 aliphatic rings. The van der Waals surface area contributed by atoms with Crippen molar-refractivity contribution in [2.24, 2.45) is 0 Å². The summed E-state index contributed by atoms with van der Waals surface area (Å²) in [6, 6.07) is 8.44. The van der Waals surface area contributed by atoms with E-state index in [0.717, 1.165) is 50.9 Å². The highest BCUT2D eigenvalue weighted by Gasteiger charge is 2.22. The van der Waals surface area contributed by atoms with E-state index in [-0.39, 0.29) is 11.9 Å². The molecule has 5 nitrogen and oxygen atoms in total. The molecule has 2 aliphatic heterocycles. The monoisotopic (exact) mass is 348 g/mol. The summed E-state index contributed by atoms with van der Waals surface area (Å²) in [4.78, 5) is 17.2. The molecular formula is C18H28N4OS. The molecule has 0 saturated carbocycles. The highest BCUT2D eigenvalue weighted by molar-refractivity contribution is 7.99. The molecule has 6 heteroatoms. The van der Waals surface area contributed by atoms with Crippen LogP contribution in [0.15, 0.2) is 24.3 Å². The molecule has 0 aliphatic carbocycles. The molecule has 1 aromatic carbocycles. The number of amides is 1. The van der Waals surface area contributed by atoms with Gasteiger partial charge in [0.2, 0.25) is 5.91 Å². The summed E-state index contributed by atoms with van der Waals surface area (Å²) in [5, 5.41) is 6.31. The number of hydrogen-bond acceptors (Lipinski definition) is 5. The van der Waals surface area contributed by atoms with Crippen LogP contribution in [0.3, 0.4) is 0 Å². The lowest BCUT2D eigenvalue weighted by Crippen LogP contribution is -2.45. The zero-order valence-corrected chi connectivity index (χ0v) is 15.3. The van der Waals surface area contributed by atoms with Crippen LogP contribution in [0.2, 0.25) is 0 Å². The predicted octanol–water partition coefficient (Wildman–Crippen LogP) is 1.10. The van der Waals surface area contributed by atoms with E-state index in [9.17, 15) is 4.79 Å². The molecule has 0 bridgehead atoms. The van der Waals surface area contributed by atoms with E-state index in [4.69, 9.17) is 0 Å². The first kappa shape index (κ1) is 17.7. The van der Waals surface area contributed by atoms with E-state index in [1.165, 1.54) is 11.1 Å². The summed E-state index contributed by atoms with van der Waals surface area (Å²) >= 11 is 1.78. The van der Waals surface area contributed by atoms with Gasteiger partial charge in [0.05, 0.1) is 6.04 Å². The first-order valence-corrected chi connectivity index (χ1v) is 10.0. The molecular weight excluding hydrogens is 320 g/mol. The van der Waals surface area contributed by atoms with Gasteiger partial charge in [0.15, 0.2) is 0 Å². The maximum atomic E-state index is 12.2. The Morgan fingerprint density at radius 3 is 2.58 bits per heavy atom. The molecule has 0 aromatic heterocycles. The van der Waals surface area contributed by atoms with E-state index >= 15 is 0 Å². The van der Waals surface area contributed by atoms with E-state index < -0.39 is 0 Å². The Bertz CT molecular complexity index is 540. The zero-order chi connectivity index (χ0) is 16.8. The second-order valence-corrected chi connectivity index (χ2v) is 7.50. The summed E-state index contributed by atoms with van der Waals surface area (Å²) in [7, 11) is 0. The van der Waals surface area contributed by atoms with E-state index in [1.807, 2.05) is 0 Å². The number of benzene rings is 1. The molecule has 2 heterocycles. The first-order chi connectivity index (χ1) is 11.8. The maximum Gasteiger partial charge on any atom is 0.238 e. The van der Waals surface area contributed by atoms with E-state index in [1.54, 1.807) is 11.8 Å². The van der Waals surface area contributed by atoms with Gasteiger partial charge in [-0.1, -0.05) is 31.2 Å². The Balaban J connectivity index is 1.54. The van der Waals surface area contributed by atoms with Crippen LogP contribution >= 0.6 is 11.8 Å². The molecule has 2 fully saturated rings. The van der Waals surface area contributed by atoms with Crippen molar-refractivity contribution in [3.05, 3.63) is 35.4 Å². The maximum absolute atomic E-state index is 12.2. The molecule has 2 saturated heterocycles. The second-order valence-electron chi connectivity index (χ2n) is 6.47. The van der Waals surface area contributed by atoms with Gasteiger partial charge in [0, 0.05) is 50.9 Å². The van der Waals surface area contributed by atoms with Crippen molar-refractivity contribution >= 4 is 17.7 Å². The highest BCUT2D eigenvalue weighted by Crippen LogP contribution is 2.14. The molecule has 1 amide bonds. The van der Waals surface area contributed by atoms with Gasteiger partial charge in [-0.25, -0.2) is 0 Å². The summed E-state index contributed by atoms with van der Waals surface area (Å²) in [6.07, 6.45) is 0. The van der Waals surface area contributed by atoms with E-state index in [2.05, 4.69) is 51.6 Å². The molecule has 3 rings (SSSR count). The second kappa shape index (κ2) is 8.85. The Labute approximate surface area is 149 Å². The number of rotatable bonds is 6. The normalized spacial score (nSPS) is 22.6. The van der Waals surface area contributed by atoms with Gasteiger partial charge in [-0.2, -0.15) is 0 Å². The number of hydrogen-bond donors (Lipinski definition) is 2. The molecule has 2 N–H and O–H groups in total. The van der Waals surface area contributed by atoms with E-state index in [0.29, 0.717) is 6.54 Å². The first-order valence-electron chi connectivity index (χ1n) is 8.86. The minimum absolute atomic E-state index is 0.0377. The molecule has 1 atom stereocenters. The zero-order valence-electron chi connectivity index (χ0n) is 14.5. The highest BCUT2D eigenvalue weighted by atomic mass is 32.2. The Morgan fingerprint density at radius 1 is 1.21 bits per heavy atom. The van der Waals surface area contributed by atoms with Crippen molar-refractivity contribution < 1.29 is 4.79 Å². The van der Waals surface area contributed by atoms with Gasteiger partial charge in [-0.05, 0) is 17.7 Å². The minimum Gasteiger partial charge on any atom is -0.351 e. The third kappa shape index (κ3) is 4.72. The fourth-order valence-electron chi connectivity index (χ4n) is 3.26. The fourth-order valence-corrected chi connectivity index (χ4v) is 4.20. The quantitative estimate of drug-likeness (QED) is 0.806. The molecule has 0 radical (unpaired) electrons. The van der Waals surface area contributed by atoms with Crippen molar-refractivity contribution in [3.63, 3.8) is 0 Å². The molecule has 0 spiro atoms. The Hall–Kier alpha value is -1.08. The van der Waals surface area contributed by atoms with Gasteiger partial charge in [0.25, 0.3) is 0 Å². The van der Waals surface area contributed by atoms with Crippen LogP contribution in [0.25, 0.3) is 0 Å². The number of nitrogens with one attached hydrogen (secondary N) is 2. The number of carbonyl (C=O) groups excluding carboxylic acids is 1. The average molecular weight is 349 g/mol. The molecule has 132 valence electrons. The van der Waals surface area contributed by atoms with Crippen molar-refractivity contribution in [1.82, 2.24) is 20.4 Å². The number of thioether (sulfide) groups is 1. The van der Waals surface area contributed by atoms with Gasteiger partial charge in [-0.3, -0.25) is 15.0 Å². The van der Waals surface area contributed by atoms with Gasteiger partial charge in [0.1, 0.15) is 0 Å². The Morgan fingerprint density at radius 2 is 1.92 bits per heavy atom. The van der Waals surface area contributed by atoms with Crippen LogP contribution in [-0.2, 0) is 17.9 Å². The van der Waals surface area contributed by atoms with Crippen LogP contribution in [0.5, 0.6) is 0 Å². The van der Waals surface area contributed by atoms with Gasteiger partial charge < -0.3 is 10.2 Å². The smallest absolute Gasteiger partial charge is 0.238 e. The topological polar surface area (TPSA) is 47.6 Å². The van der Waals surface area contributed by atoms with Crippen LogP contribution < -0.4 is 10.6 Å². The van der Waals surface area contributed by atoms with Crippen molar-refractivity contribution in [3.8, 4) is 0 Å². The van der Waals surface area contributed by atoms with Crippen LogP contribution in [-0.4, -0.2) is 66.1 Å². The summed E-state index contributed by atoms with van der Waals surface area (Å²) in [5.74, 6) is 1.86. The standard InChI is InChI=1S/C18H28N4OS/c1-2-21-7-9-22(10-8-21)12-16-6-4-3-5-15(16)11-19-18(23)17-13-24-14-20-17/h3-6,17,20H,2,7-14H2,1H3,(H,19,23). The molecule has 24 heavy (non-hydrogen) atoms. The number of piperazine rings is 1. The third-order valence-electron chi connectivity index (χ3n) is 4.91. The van der Waals surface area contributed by atoms with Crippen molar-refractivity contribution in [1.29, 1.82) is 0 Å². The van der Waals surface area contributed by atoms with Gasteiger partial charge >= 0.3 is 0 Å². The average Bonchev–Trinajstić information content (AvgIpc) is 3.16. The van der Waals surface area contributed by atoms with Crippen LogP contribution in [0.1, 0.15) is 18.1 Å². The predicted molar refractivity (Wildman–Crippen MR) is 99.9 cm³/mol. The lowest BCUT2D eigenvalue weighted by Gasteiger charge is -2.34.